The Morgan fingerprint density at radius 1 is 1.00 bits per heavy atom. The predicted octanol–water partition coefficient (Wildman–Crippen LogP) is 5.61. The van der Waals surface area contributed by atoms with Gasteiger partial charge in [-0.05, 0) is 42.3 Å². The van der Waals surface area contributed by atoms with Gasteiger partial charge in [-0.25, -0.2) is 9.37 Å². The molecule has 30 heavy (non-hydrogen) atoms. The molecule has 0 spiro atoms. The summed E-state index contributed by atoms with van der Waals surface area (Å²) in [5.74, 6) is 0.299. The smallest absolute Gasteiger partial charge is 0.233 e. The van der Waals surface area contributed by atoms with Gasteiger partial charge in [-0.3, -0.25) is 9.69 Å². The van der Waals surface area contributed by atoms with Crippen molar-refractivity contribution in [2.24, 2.45) is 0 Å². The van der Waals surface area contributed by atoms with Crippen LogP contribution in [0.2, 0.25) is 0 Å². The van der Waals surface area contributed by atoms with Crippen LogP contribution in [0.1, 0.15) is 18.1 Å². The van der Waals surface area contributed by atoms with E-state index in [1.807, 2.05) is 67.6 Å². The third kappa shape index (κ3) is 4.49. The minimum Gasteiger partial charge on any atom is -0.494 e. The van der Waals surface area contributed by atoms with Gasteiger partial charge in [0.15, 0.2) is 5.13 Å². The second-order valence-corrected chi connectivity index (χ2v) is 7.81. The number of hydrogen-bond acceptors (Lipinski definition) is 4. The number of fused-ring (bicyclic) bond motifs is 1. The van der Waals surface area contributed by atoms with Gasteiger partial charge in [0.25, 0.3) is 0 Å². The molecule has 6 heteroatoms. The van der Waals surface area contributed by atoms with Crippen molar-refractivity contribution in [2.45, 2.75) is 19.9 Å². The van der Waals surface area contributed by atoms with Gasteiger partial charge in [-0.15, -0.1) is 0 Å². The molecule has 0 N–H and O–H groups in total. The van der Waals surface area contributed by atoms with Gasteiger partial charge in [0.05, 0.1) is 24.3 Å². The molecule has 4 nitrogen and oxygen atoms in total. The highest BCUT2D eigenvalue weighted by atomic mass is 32.1. The number of ether oxygens (including phenoxy) is 1. The van der Waals surface area contributed by atoms with Gasteiger partial charge in [0, 0.05) is 0 Å². The summed E-state index contributed by atoms with van der Waals surface area (Å²) in [4.78, 5) is 19.3. The van der Waals surface area contributed by atoms with Crippen molar-refractivity contribution < 1.29 is 13.9 Å². The molecule has 0 saturated heterocycles. The predicted molar refractivity (Wildman–Crippen MR) is 119 cm³/mol. The molecule has 0 radical (unpaired) electrons. The summed E-state index contributed by atoms with van der Waals surface area (Å²) in [5, 5.41) is 0.495. The lowest BCUT2D eigenvalue weighted by molar-refractivity contribution is -0.118. The number of rotatable bonds is 7. The Hall–Kier alpha value is -3.25. The number of anilines is 1. The molecule has 0 atom stereocenters. The van der Waals surface area contributed by atoms with E-state index in [1.54, 1.807) is 11.0 Å². The minimum absolute atomic E-state index is 0.0949. The van der Waals surface area contributed by atoms with Crippen molar-refractivity contribution in [3.05, 3.63) is 89.7 Å². The molecule has 1 amide bonds. The largest absolute Gasteiger partial charge is 0.494 e. The SMILES string of the molecule is CCOc1ccc(CC(=O)N(Cc2ccccc2)c2nc3c(F)cccc3s2)cc1. The Morgan fingerprint density at radius 3 is 2.47 bits per heavy atom. The highest BCUT2D eigenvalue weighted by Crippen LogP contribution is 2.31. The number of amides is 1. The van der Waals surface area contributed by atoms with E-state index in [2.05, 4.69) is 4.98 Å². The van der Waals surface area contributed by atoms with Gasteiger partial charge >= 0.3 is 0 Å². The van der Waals surface area contributed by atoms with Crippen molar-refractivity contribution in [3.63, 3.8) is 0 Å². The molecule has 0 unspecified atom stereocenters. The average Bonchev–Trinajstić information content (AvgIpc) is 3.20. The molecule has 3 aromatic carbocycles. The van der Waals surface area contributed by atoms with Crippen LogP contribution in [0.3, 0.4) is 0 Å². The van der Waals surface area contributed by atoms with E-state index < -0.39 is 0 Å². The molecule has 0 fully saturated rings. The standard InChI is InChI=1S/C24H21FN2O2S/c1-2-29-19-13-11-17(12-14-19)15-22(28)27(16-18-7-4-3-5-8-18)24-26-23-20(25)9-6-10-21(23)30-24/h3-14H,2,15-16H2,1H3. The van der Waals surface area contributed by atoms with Crippen LogP contribution in [0, 0.1) is 5.82 Å². The van der Waals surface area contributed by atoms with E-state index in [0.717, 1.165) is 21.6 Å². The van der Waals surface area contributed by atoms with Gasteiger partial charge in [0.2, 0.25) is 5.91 Å². The highest BCUT2D eigenvalue weighted by molar-refractivity contribution is 7.22. The second-order valence-electron chi connectivity index (χ2n) is 6.80. The lowest BCUT2D eigenvalue weighted by Gasteiger charge is -2.20. The Bertz CT molecular complexity index is 1140. The maximum absolute atomic E-state index is 14.2. The van der Waals surface area contributed by atoms with Gasteiger partial charge in [-0.1, -0.05) is 59.9 Å². The van der Waals surface area contributed by atoms with Gasteiger partial charge in [-0.2, -0.15) is 0 Å². The molecule has 0 bridgehead atoms. The van der Waals surface area contributed by atoms with Gasteiger partial charge in [0.1, 0.15) is 17.1 Å². The molecule has 0 aliphatic carbocycles. The molecule has 4 rings (SSSR count). The van der Waals surface area contributed by atoms with Crippen LogP contribution in [-0.2, 0) is 17.8 Å². The van der Waals surface area contributed by atoms with E-state index in [9.17, 15) is 9.18 Å². The Kier molecular flexibility index (Phi) is 6.05. The van der Waals surface area contributed by atoms with E-state index in [0.29, 0.717) is 23.8 Å². The number of halogens is 1. The first-order chi connectivity index (χ1) is 14.6. The first-order valence-electron chi connectivity index (χ1n) is 9.75. The molecule has 1 aromatic heterocycles. The summed E-state index contributed by atoms with van der Waals surface area (Å²) in [6.07, 6.45) is 0.220. The lowest BCUT2D eigenvalue weighted by atomic mass is 10.1. The topological polar surface area (TPSA) is 42.4 Å². The van der Waals surface area contributed by atoms with Crippen molar-refractivity contribution in [1.82, 2.24) is 4.98 Å². The van der Waals surface area contributed by atoms with Crippen molar-refractivity contribution >= 4 is 32.6 Å². The Labute approximate surface area is 178 Å². The first kappa shape index (κ1) is 20.0. The van der Waals surface area contributed by atoms with Crippen molar-refractivity contribution in [3.8, 4) is 5.75 Å². The molecule has 1 heterocycles. The van der Waals surface area contributed by atoms with Crippen LogP contribution >= 0.6 is 11.3 Å². The third-order valence-electron chi connectivity index (χ3n) is 4.66. The fourth-order valence-electron chi connectivity index (χ4n) is 3.19. The zero-order valence-electron chi connectivity index (χ0n) is 16.5. The normalized spacial score (nSPS) is 10.9. The number of para-hydroxylation sites is 1. The maximum atomic E-state index is 14.2. The van der Waals surface area contributed by atoms with Crippen molar-refractivity contribution in [2.75, 3.05) is 11.5 Å². The van der Waals surface area contributed by atoms with E-state index in [-0.39, 0.29) is 18.1 Å². The highest BCUT2D eigenvalue weighted by Gasteiger charge is 2.21. The van der Waals surface area contributed by atoms with Crippen LogP contribution in [0.4, 0.5) is 9.52 Å². The molecular formula is C24H21FN2O2S. The van der Waals surface area contributed by atoms with Crippen LogP contribution in [0.15, 0.2) is 72.8 Å². The number of benzene rings is 3. The fraction of sp³-hybridized carbons (Fsp3) is 0.167. The van der Waals surface area contributed by atoms with E-state index in [4.69, 9.17) is 4.74 Å². The monoisotopic (exact) mass is 420 g/mol. The molecule has 0 aliphatic rings. The quantitative estimate of drug-likeness (QED) is 0.390. The van der Waals surface area contributed by atoms with Crippen LogP contribution in [0.25, 0.3) is 10.2 Å². The number of nitrogens with zero attached hydrogens (tertiary/aromatic N) is 2. The summed E-state index contributed by atoms with van der Waals surface area (Å²) in [6, 6.07) is 22.1. The zero-order valence-corrected chi connectivity index (χ0v) is 17.4. The molecule has 152 valence electrons. The van der Waals surface area contributed by atoms with E-state index >= 15 is 0 Å². The zero-order chi connectivity index (χ0) is 20.9. The Morgan fingerprint density at radius 2 is 1.77 bits per heavy atom. The lowest BCUT2D eigenvalue weighted by Crippen LogP contribution is -2.31. The molecule has 4 aromatic rings. The van der Waals surface area contributed by atoms with Crippen molar-refractivity contribution in [1.29, 1.82) is 0 Å². The summed E-state index contributed by atoms with van der Waals surface area (Å²) in [7, 11) is 0. The maximum Gasteiger partial charge on any atom is 0.233 e. The first-order valence-corrected chi connectivity index (χ1v) is 10.6. The fourth-order valence-corrected chi connectivity index (χ4v) is 4.18. The van der Waals surface area contributed by atoms with Crippen LogP contribution in [-0.4, -0.2) is 17.5 Å². The summed E-state index contributed by atoms with van der Waals surface area (Å²) in [5.41, 5.74) is 2.16. The van der Waals surface area contributed by atoms with Crippen LogP contribution in [0.5, 0.6) is 5.75 Å². The molecular weight excluding hydrogens is 399 g/mol. The minimum atomic E-state index is -0.381. The van der Waals surface area contributed by atoms with Gasteiger partial charge < -0.3 is 4.74 Å². The number of carbonyl (C=O) groups excluding carboxylic acids is 1. The number of hydrogen-bond donors (Lipinski definition) is 0. The number of carbonyl (C=O) groups is 1. The Balaban J connectivity index is 1.63. The second kappa shape index (κ2) is 9.05. The van der Waals surface area contributed by atoms with Crippen LogP contribution < -0.4 is 9.64 Å². The third-order valence-corrected chi connectivity index (χ3v) is 5.71. The molecule has 0 aliphatic heterocycles. The van der Waals surface area contributed by atoms with E-state index in [1.165, 1.54) is 17.4 Å². The summed E-state index contributed by atoms with van der Waals surface area (Å²) in [6.45, 7) is 2.90. The summed E-state index contributed by atoms with van der Waals surface area (Å²) < 4.78 is 20.4. The average molecular weight is 421 g/mol. The number of thiazole rings is 1. The molecule has 0 saturated carbocycles. The number of aromatic nitrogens is 1. The summed E-state index contributed by atoms with van der Waals surface area (Å²) >= 11 is 1.32.